The average Bonchev–Trinajstić information content (AvgIpc) is 2.92. The highest BCUT2D eigenvalue weighted by molar-refractivity contribution is 6.09. The first-order chi connectivity index (χ1) is 13.2. The highest BCUT2D eigenvalue weighted by Gasteiger charge is 2.49. The van der Waals surface area contributed by atoms with Crippen molar-refractivity contribution in [2.24, 2.45) is 5.92 Å². The standard InChI is InChI=1S/C20H28N4O4/c1-5-20(6-2)18(27)24(19(28)23-20)12-16(25)21-11-14-7-9-15(10-8-14)22-17(26)13(3)4/h7-10,13H,5-6,11-12H2,1-4H3,(H,21,25)(H,22,26)(H,23,28). The number of anilines is 1. The van der Waals surface area contributed by atoms with Gasteiger partial charge in [0.2, 0.25) is 11.8 Å². The lowest BCUT2D eigenvalue weighted by Gasteiger charge is -2.23. The van der Waals surface area contributed by atoms with Crippen LogP contribution in [0.1, 0.15) is 46.1 Å². The van der Waals surface area contributed by atoms with E-state index in [4.69, 9.17) is 0 Å². The van der Waals surface area contributed by atoms with E-state index >= 15 is 0 Å². The summed E-state index contributed by atoms with van der Waals surface area (Å²) in [4.78, 5) is 49.4. The fourth-order valence-electron chi connectivity index (χ4n) is 2.94. The second-order valence-electron chi connectivity index (χ2n) is 7.23. The molecular weight excluding hydrogens is 360 g/mol. The smallest absolute Gasteiger partial charge is 0.325 e. The van der Waals surface area contributed by atoms with E-state index in [1.807, 2.05) is 27.7 Å². The molecule has 1 aromatic carbocycles. The highest BCUT2D eigenvalue weighted by atomic mass is 16.2. The second kappa shape index (κ2) is 8.86. The van der Waals surface area contributed by atoms with Crippen LogP contribution in [0.25, 0.3) is 0 Å². The minimum Gasteiger partial charge on any atom is -0.350 e. The molecule has 5 amide bonds. The minimum absolute atomic E-state index is 0.0650. The van der Waals surface area contributed by atoms with Gasteiger partial charge >= 0.3 is 6.03 Å². The number of imide groups is 1. The molecule has 1 fully saturated rings. The number of nitrogens with one attached hydrogen (secondary N) is 3. The maximum absolute atomic E-state index is 12.5. The number of amides is 5. The predicted molar refractivity (Wildman–Crippen MR) is 105 cm³/mol. The molecular formula is C20H28N4O4. The minimum atomic E-state index is -0.909. The third kappa shape index (κ3) is 4.68. The lowest BCUT2D eigenvalue weighted by Crippen LogP contribution is -2.46. The van der Waals surface area contributed by atoms with Crippen molar-refractivity contribution < 1.29 is 19.2 Å². The summed E-state index contributed by atoms with van der Waals surface area (Å²) in [6.45, 7) is 7.24. The molecule has 8 heteroatoms. The highest BCUT2D eigenvalue weighted by Crippen LogP contribution is 2.24. The van der Waals surface area contributed by atoms with Crippen molar-refractivity contribution in [3.63, 3.8) is 0 Å². The number of hydrogen-bond acceptors (Lipinski definition) is 4. The van der Waals surface area contributed by atoms with Crippen LogP contribution in [0.5, 0.6) is 0 Å². The van der Waals surface area contributed by atoms with Gasteiger partial charge in [0, 0.05) is 18.2 Å². The number of rotatable bonds is 8. The Morgan fingerprint density at radius 2 is 1.71 bits per heavy atom. The zero-order valence-electron chi connectivity index (χ0n) is 16.8. The largest absolute Gasteiger partial charge is 0.350 e. The monoisotopic (exact) mass is 388 g/mol. The van der Waals surface area contributed by atoms with Crippen molar-refractivity contribution in [3.05, 3.63) is 29.8 Å². The van der Waals surface area contributed by atoms with Crippen LogP contribution in [0.15, 0.2) is 24.3 Å². The lowest BCUT2D eigenvalue weighted by atomic mass is 9.93. The second-order valence-corrected chi connectivity index (χ2v) is 7.23. The quantitative estimate of drug-likeness (QED) is 0.592. The summed E-state index contributed by atoms with van der Waals surface area (Å²) < 4.78 is 0. The maximum atomic E-state index is 12.5. The Labute approximate surface area is 165 Å². The van der Waals surface area contributed by atoms with Gasteiger partial charge in [0.1, 0.15) is 12.1 Å². The van der Waals surface area contributed by atoms with E-state index in [9.17, 15) is 19.2 Å². The van der Waals surface area contributed by atoms with E-state index < -0.39 is 17.5 Å². The number of carbonyl (C=O) groups excluding carboxylic acids is 4. The van der Waals surface area contributed by atoms with Gasteiger partial charge in [0.05, 0.1) is 0 Å². The Morgan fingerprint density at radius 1 is 1.11 bits per heavy atom. The molecule has 0 atom stereocenters. The molecule has 1 heterocycles. The van der Waals surface area contributed by atoms with Crippen LogP contribution >= 0.6 is 0 Å². The lowest BCUT2D eigenvalue weighted by molar-refractivity contribution is -0.135. The molecule has 1 saturated heterocycles. The summed E-state index contributed by atoms with van der Waals surface area (Å²) in [5.74, 6) is -0.944. The van der Waals surface area contributed by atoms with Crippen LogP contribution < -0.4 is 16.0 Å². The van der Waals surface area contributed by atoms with Gasteiger partial charge in [-0.25, -0.2) is 4.79 Å². The van der Waals surface area contributed by atoms with E-state index in [1.54, 1.807) is 24.3 Å². The van der Waals surface area contributed by atoms with Crippen molar-refractivity contribution in [3.8, 4) is 0 Å². The van der Waals surface area contributed by atoms with E-state index in [-0.39, 0.29) is 30.8 Å². The van der Waals surface area contributed by atoms with Gasteiger partial charge in [-0.2, -0.15) is 0 Å². The molecule has 0 aromatic heterocycles. The van der Waals surface area contributed by atoms with Gasteiger partial charge in [-0.3, -0.25) is 19.3 Å². The Hall–Kier alpha value is -2.90. The third-order valence-electron chi connectivity index (χ3n) is 4.99. The van der Waals surface area contributed by atoms with Crippen LogP contribution in [-0.2, 0) is 20.9 Å². The summed E-state index contributed by atoms with van der Waals surface area (Å²) in [6.07, 6.45) is 0.956. The van der Waals surface area contributed by atoms with Gasteiger partial charge in [-0.1, -0.05) is 39.8 Å². The molecule has 8 nitrogen and oxygen atoms in total. The molecule has 0 unspecified atom stereocenters. The molecule has 152 valence electrons. The number of nitrogens with zero attached hydrogens (tertiary/aromatic N) is 1. The first kappa shape index (κ1) is 21.4. The van der Waals surface area contributed by atoms with Crippen LogP contribution in [0.2, 0.25) is 0 Å². The molecule has 1 aromatic rings. The Morgan fingerprint density at radius 3 is 2.21 bits per heavy atom. The van der Waals surface area contributed by atoms with E-state index in [0.717, 1.165) is 10.5 Å². The van der Waals surface area contributed by atoms with Gasteiger partial charge in [-0.15, -0.1) is 0 Å². The topological polar surface area (TPSA) is 108 Å². The summed E-state index contributed by atoms with van der Waals surface area (Å²) in [7, 11) is 0. The Balaban J connectivity index is 1.88. The fourth-order valence-corrected chi connectivity index (χ4v) is 2.94. The molecule has 0 spiro atoms. The van der Waals surface area contributed by atoms with Gasteiger partial charge in [0.15, 0.2) is 0 Å². The molecule has 0 bridgehead atoms. The van der Waals surface area contributed by atoms with Crippen molar-refractivity contribution in [1.82, 2.24) is 15.5 Å². The molecule has 28 heavy (non-hydrogen) atoms. The molecule has 0 saturated carbocycles. The Bertz CT molecular complexity index is 754. The molecule has 2 rings (SSSR count). The summed E-state index contributed by atoms with van der Waals surface area (Å²) in [6, 6.07) is 6.58. The Kier molecular flexibility index (Phi) is 6.77. The summed E-state index contributed by atoms with van der Waals surface area (Å²) in [5.41, 5.74) is 0.612. The first-order valence-corrected chi connectivity index (χ1v) is 9.53. The van der Waals surface area contributed by atoms with Crippen molar-refractivity contribution in [2.45, 2.75) is 52.6 Å². The third-order valence-corrected chi connectivity index (χ3v) is 4.99. The van der Waals surface area contributed by atoms with E-state index in [1.165, 1.54) is 0 Å². The number of hydrogen-bond donors (Lipinski definition) is 3. The van der Waals surface area contributed by atoms with Crippen molar-refractivity contribution >= 4 is 29.4 Å². The SMILES string of the molecule is CCC1(CC)NC(=O)N(CC(=O)NCc2ccc(NC(=O)C(C)C)cc2)C1=O. The van der Waals surface area contributed by atoms with Crippen molar-refractivity contribution in [2.75, 3.05) is 11.9 Å². The maximum Gasteiger partial charge on any atom is 0.325 e. The van der Waals surface area contributed by atoms with Crippen LogP contribution in [0.4, 0.5) is 10.5 Å². The van der Waals surface area contributed by atoms with Crippen molar-refractivity contribution in [1.29, 1.82) is 0 Å². The van der Waals surface area contributed by atoms with Gasteiger partial charge in [-0.05, 0) is 30.5 Å². The number of urea groups is 1. The first-order valence-electron chi connectivity index (χ1n) is 9.53. The van der Waals surface area contributed by atoms with Crippen LogP contribution in [0, 0.1) is 5.92 Å². The number of benzene rings is 1. The van der Waals surface area contributed by atoms with E-state index in [0.29, 0.717) is 18.5 Å². The molecule has 0 radical (unpaired) electrons. The van der Waals surface area contributed by atoms with Gasteiger partial charge in [0.25, 0.3) is 5.91 Å². The van der Waals surface area contributed by atoms with Crippen LogP contribution in [-0.4, -0.2) is 40.7 Å². The predicted octanol–water partition coefficient (Wildman–Crippen LogP) is 2.01. The fraction of sp³-hybridized carbons (Fsp3) is 0.500. The van der Waals surface area contributed by atoms with Crippen LogP contribution in [0.3, 0.4) is 0 Å². The molecule has 0 aliphatic carbocycles. The molecule has 3 N–H and O–H groups in total. The average molecular weight is 388 g/mol. The van der Waals surface area contributed by atoms with Gasteiger partial charge < -0.3 is 16.0 Å². The van der Waals surface area contributed by atoms with E-state index in [2.05, 4.69) is 16.0 Å². The summed E-state index contributed by atoms with van der Waals surface area (Å²) in [5, 5.41) is 8.20. The number of carbonyl (C=O) groups is 4. The molecule has 1 aliphatic rings. The summed E-state index contributed by atoms with van der Waals surface area (Å²) >= 11 is 0. The molecule has 1 aliphatic heterocycles. The zero-order valence-corrected chi connectivity index (χ0v) is 16.8. The zero-order chi connectivity index (χ0) is 20.9. The normalized spacial score (nSPS) is 15.5.